The van der Waals surface area contributed by atoms with Crippen LogP contribution in [0.15, 0.2) is 30.3 Å². The van der Waals surface area contributed by atoms with E-state index >= 15 is 0 Å². The molecule has 18 heavy (non-hydrogen) atoms. The van der Waals surface area contributed by atoms with Crippen molar-refractivity contribution in [1.82, 2.24) is 4.90 Å². The summed E-state index contributed by atoms with van der Waals surface area (Å²) in [5.41, 5.74) is 1.01. The van der Waals surface area contributed by atoms with Gasteiger partial charge in [-0.05, 0) is 12.0 Å². The molecule has 1 aromatic rings. The molecule has 1 aromatic carbocycles. The van der Waals surface area contributed by atoms with Gasteiger partial charge in [0.25, 0.3) is 0 Å². The van der Waals surface area contributed by atoms with Crippen LogP contribution in [0.5, 0.6) is 0 Å². The van der Waals surface area contributed by atoms with E-state index in [1.165, 1.54) is 4.90 Å². The minimum Gasteiger partial charge on any atom is -0.480 e. The first-order chi connectivity index (χ1) is 8.51. The minimum atomic E-state index is -0.958. The van der Waals surface area contributed by atoms with Crippen molar-refractivity contribution < 1.29 is 14.7 Å². The van der Waals surface area contributed by atoms with Gasteiger partial charge in [0.15, 0.2) is 0 Å². The second kappa shape index (κ2) is 4.80. The highest BCUT2D eigenvalue weighted by Crippen LogP contribution is 2.33. The molecule has 4 heteroatoms. The average molecular weight is 247 g/mol. The number of piperidine rings is 1. The molecule has 1 N–H and O–H groups in total. The molecule has 0 aromatic heterocycles. The zero-order valence-electron chi connectivity index (χ0n) is 10.4. The lowest BCUT2D eigenvalue weighted by Crippen LogP contribution is -2.49. The van der Waals surface area contributed by atoms with Crippen LogP contribution in [0.3, 0.4) is 0 Å². The molecule has 1 amide bonds. The third-order valence-corrected chi connectivity index (χ3v) is 3.58. The number of nitrogens with zero attached hydrogens (tertiary/aromatic N) is 1. The summed E-state index contributed by atoms with van der Waals surface area (Å²) in [5, 5.41) is 8.83. The summed E-state index contributed by atoms with van der Waals surface area (Å²) in [4.78, 5) is 23.9. The van der Waals surface area contributed by atoms with Gasteiger partial charge in [-0.3, -0.25) is 9.59 Å². The minimum absolute atomic E-state index is 0.0641. The zero-order valence-corrected chi connectivity index (χ0v) is 10.4. The van der Waals surface area contributed by atoms with Crippen molar-refractivity contribution >= 4 is 11.9 Å². The van der Waals surface area contributed by atoms with Crippen LogP contribution < -0.4 is 0 Å². The van der Waals surface area contributed by atoms with Crippen LogP contribution in [0, 0.1) is 0 Å². The number of amides is 1. The molecule has 0 bridgehead atoms. The van der Waals surface area contributed by atoms with E-state index in [1.807, 2.05) is 30.3 Å². The van der Waals surface area contributed by atoms with Gasteiger partial charge in [0.05, 0.1) is 0 Å². The molecule has 0 aliphatic carbocycles. The van der Waals surface area contributed by atoms with E-state index in [4.69, 9.17) is 5.11 Å². The van der Waals surface area contributed by atoms with E-state index in [9.17, 15) is 9.59 Å². The quantitative estimate of drug-likeness (QED) is 0.883. The maximum atomic E-state index is 11.7. The molecule has 1 aliphatic heterocycles. The van der Waals surface area contributed by atoms with Gasteiger partial charge in [-0.1, -0.05) is 37.3 Å². The molecule has 2 rings (SSSR count). The van der Waals surface area contributed by atoms with Gasteiger partial charge in [-0.25, -0.2) is 0 Å². The van der Waals surface area contributed by atoms with Crippen LogP contribution in [-0.2, 0) is 15.0 Å². The van der Waals surface area contributed by atoms with Crippen molar-refractivity contribution in [3.8, 4) is 0 Å². The Morgan fingerprint density at radius 1 is 1.39 bits per heavy atom. The lowest BCUT2D eigenvalue weighted by molar-refractivity contribution is -0.146. The third kappa shape index (κ3) is 2.53. The van der Waals surface area contributed by atoms with Crippen molar-refractivity contribution in [3.63, 3.8) is 0 Å². The van der Waals surface area contributed by atoms with Gasteiger partial charge >= 0.3 is 5.97 Å². The Bertz CT molecular complexity index is 457. The van der Waals surface area contributed by atoms with E-state index in [2.05, 4.69) is 6.92 Å². The molecule has 0 spiro atoms. The normalized spacial score (nSPS) is 24.1. The van der Waals surface area contributed by atoms with Crippen molar-refractivity contribution in [1.29, 1.82) is 0 Å². The number of carboxylic acids is 1. The van der Waals surface area contributed by atoms with Crippen LogP contribution in [0.2, 0.25) is 0 Å². The maximum absolute atomic E-state index is 11.7. The van der Waals surface area contributed by atoms with Crippen molar-refractivity contribution in [2.45, 2.75) is 25.2 Å². The SMILES string of the molecule is CC1(c2ccccc2)CCC(=O)N(CC(=O)O)C1. The number of likely N-dealkylation sites (tertiary alicyclic amines) is 1. The molecule has 1 unspecified atom stereocenters. The monoisotopic (exact) mass is 247 g/mol. The largest absolute Gasteiger partial charge is 0.480 e. The zero-order chi connectivity index (χ0) is 13.2. The molecule has 1 heterocycles. The number of rotatable bonds is 3. The highest BCUT2D eigenvalue weighted by Gasteiger charge is 2.36. The summed E-state index contributed by atoms with van der Waals surface area (Å²) < 4.78 is 0. The summed E-state index contributed by atoms with van der Waals surface area (Å²) in [5.74, 6) is -1.02. The molecular formula is C14H17NO3. The van der Waals surface area contributed by atoms with Crippen LogP contribution in [0.1, 0.15) is 25.3 Å². The lowest BCUT2D eigenvalue weighted by Gasteiger charge is -2.40. The Balaban J connectivity index is 2.20. The third-order valence-electron chi connectivity index (χ3n) is 3.58. The van der Waals surface area contributed by atoms with Crippen LogP contribution in [-0.4, -0.2) is 35.0 Å². The second-order valence-electron chi connectivity index (χ2n) is 5.07. The first-order valence-corrected chi connectivity index (χ1v) is 6.06. The van der Waals surface area contributed by atoms with Crippen molar-refractivity contribution in [3.05, 3.63) is 35.9 Å². The summed E-state index contributed by atoms with van der Waals surface area (Å²) in [6.07, 6.45) is 1.19. The Labute approximate surface area is 106 Å². The van der Waals surface area contributed by atoms with E-state index in [0.29, 0.717) is 13.0 Å². The standard InChI is InChI=1S/C14H17NO3/c1-14(11-5-3-2-4-6-11)8-7-12(16)15(10-14)9-13(17)18/h2-6H,7-10H2,1H3,(H,17,18). The van der Waals surface area contributed by atoms with E-state index in [-0.39, 0.29) is 17.9 Å². The van der Waals surface area contributed by atoms with E-state index in [0.717, 1.165) is 12.0 Å². The number of carbonyl (C=O) groups excluding carboxylic acids is 1. The second-order valence-corrected chi connectivity index (χ2v) is 5.07. The highest BCUT2D eigenvalue weighted by molar-refractivity contribution is 5.82. The molecule has 1 fully saturated rings. The van der Waals surface area contributed by atoms with Gasteiger partial charge in [-0.15, -0.1) is 0 Å². The Morgan fingerprint density at radius 2 is 2.06 bits per heavy atom. The molecule has 1 atom stereocenters. The van der Waals surface area contributed by atoms with E-state index < -0.39 is 5.97 Å². The molecule has 1 saturated heterocycles. The molecule has 4 nitrogen and oxygen atoms in total. The number of carbonyl (C=O) groups is 2. The fourth-order valence-electron chi connectivity index (χ4n) is 2.51. The predicted molar refractivity (Wildman–Crippen MR) is 67.2 cm³/mol. The van der Waals surface area contributed by atoms with Crippen LogP contribution in [0.25, 0.3) is 0 Å². The summed E-state index contributed by atoms with van der Waals surface area (Å²) >= 11 is 0. The highest BCUT2D eigenvalue weighted by atomic mass is 16.4. The van der Waals surface area contributed by atoms with Crippen LogP contribution in [0.4, 0.5) is 0 Å². The number of aliphatic carboxylic acids is 1. The lowest BCUT2D eigenvalue weighted by atomic mass is 9.76. The number of carboxylic acid groups (broad SMARTS) is 1. The summed E-state index contributed by atoms with van der Waals surface area (Å²) in [6, 6.07) is 9.97. The predicted octanol–water partition coefficient (Wildman–Crippen LogP) is 1.65. The Morgan fingerprint density at radius 3 is 2.67 bits per heavy atom. The fraction of sp³-hybridized carbons (Fsp3) is 0.429. The molecular weight excluding hydrogens is 230 g/mol. The fourth-order valence-corrected chi connectivity index (χ4v) is 2.51. The van der Waals surface area contributed by atoms with E-state index in [1.54, 1.807) is 0 Å². The van der Waals surface area contributed by atoms with Gasteiger partial charge in [0, 0.05) is 18.4 Å². The number of benzene rings is 1. The van der Waals surface area contributed by atoms with Crippen molar-refractivity contribution in [2.75, 3.05) is 13.1 Å². The Hall–Kier alpha value is -1.84. The smallest absolute Gasteiger partial charge is 0.323 e. The van der Waals surface area contributed by atoms with Gasteiger partial charge in [-0.2, -0.15) is 0 Å². The van der Waals surface area contributed by atoms with Crippen LogP contribution >= 0.6 is 0 Å². The average Bonchev–Trinajstić information content (AvgIpc) is 2.35. The number of hydrogen-bond acceptors (Lipinski definition) is 2. The molecule has 0 radical (unpaired) electrons. The maximum Gasteiger partial charge on any atom is 0.323 e. The molecule has 96 valence electrons. The topological polar surface area (TPSA) is 57.6 Å². The summed E-state index contributed by atoms with van der Waals surface area (Å²) in [6.45, 7) is 2.35. The first-order valence-electron chi connectivity index (χ1n) is 6.06. The Kier molecular flexibility index (Phi) is 3.36. The van der Waals surface area contributed by atoms with Gasteiger partial charge < -0.3 is 10.0 Å². The first kappa shape index (κ1) is 12.6. The summed E-state index contributed by atoms with van der Waals surface area (Å²) in [7, 11) is 0. The van der Waals surface area contributed by atoms with Crippen molar-refractivity contribution in [2.24, 2.45) is 0 Å². The van der Waals surface area contributed by atoms with Gasteiger partial charge in [0.1, 0.15) is 6.54 Å². The van der Waals surface area contributed by atoms with Gasteiger partial charge in [0.2, 0.25) is 5.91 Å². The molecule has 0 saturated carbocycles. The number of hydrogen-bond donors (Lipinski definition) is 1. The molecule has 1 aliphatic rings.